The number of ether oxygens (including phenoxy) is 3. The standard InChI is InChI=1S/C21H22FNO5/c1-26-19-5-2-13(6-18(19)22)11-27-17-4-3-14-7-16(12-28-20(14)8-17)23-9-15(10-23)21(24)25/h2-6,8,15-16H,7,9-12H2,1H3,(H,24,25). The minimum absolute atomic E-state index is 0.206. The number of likely N-dealkylation sites (tertiary alicyclic amines) is 1. The van der Waals surface area contributed by atoms with E-state index in [1.807, 2.05) is 18.2 Å². The first-order chi connectivity index (χ1) is 13.5. The van der Waals surface area contributed by atoms with Gasteiger partial charge in [-0.25, -0.2) is 4.39 Å². The molecule has 1 atom stereocenters. The van der Waals surface area contributed by atoms with E-state index in [2.05, 4.69) is 4.90 Å². The third-order valence-electron chi connectivity index (χ3n) is 5.32. The van der Waals surface area contributed by atoms with E-state index in [4.69, 9.17) is 19.3 Å². The van der Waals surface area contributed by atoms with Gasteiger partial charge in [-0.05, 0) is 35.7 Å². The molecule has 1 N–H and O–H groups in total. The lowest BCUT2D eigenvalue weighted by Crippen LogP contribution is -2.57. The van der Waals surface area contributed by atoms with Crippen molar-refractivity contribution in [3.8, 4) is 17.2 Å². The fourth-order valence-electron chi connectivity index (χ4n) is 3.59. The number of aliphatic carboxylic acids is 1. The summed E-state index contributed by atoms with van der Waals surface area (Å²) in [6.07, 6.45) is 0.825. The molecule has 4 rings (SSSR count). The zero-order chi connectivity index (χ0) is 19.7. The van der Waals surface area contributed by atoms with Gasteiger partial charge in [-0.15, -0.1) is 0 Å². The van der Waals surface area contributed by atoms with Crippen molar-refractivity contribution in [1.82, 2.24) is 4.90 Å². The number of rotatable bonds is 6. The fourth-order valence-corrected chi connectivity index (χ4v) is 3.59. The van der Waals surface area contributed by atoms with Gasteiger partial charge in [0.25, 0.3) is 0 Å². The van der Waals surface area contributed by atoms with Gasteiger partial charge >= 0.3 is 5.97 Å². The molecule has 0 spiro atoms. The summed E-state index contributed by atoms with van der Waals surface area (Å²) in [5.41, 5.74) is 1.79. The molecule has 0 aromatic heterocycles. The van der Waals surface area contributed by atoms with Crippen molar-refractivity contribution >= 4 is 5.97 Å². The third-order valence-corrected chi connectivity index (χ3v) is 5.32. The second-order valence-electron chi connectivity index (χ2n) is 7.19. The van der Waals surface area contributed by atoms with E-state index in [0.717, 1.165) is 17.7 Å². The maximum Gasteiger partial charge on any atom is 0.309 e. The molecule has 0 saturated carbocycles. The monoisotopic (exact) mass is 387 g/mol. The van der Waals surface area contributed by atoms with Crippen molar-refractivity contribution in [1.29, 1.82) is 0 Å². The van der Waals surface area contributed by atoms with Gasteiger partial charge in [0.05, 0.1) is 13.0 Å². The Morgan fingerprint density at radius 2 is 2.11 bits per heavy atom. The highest BCUT2D eigenvalue weighted by Gasteiger charge is 2.38. The number of carboxylic acid groups (broad SMARTS) is 1. The molecule has 2 heterocycles. The Bertz CT molecular complexity index is 881. The van der Waals surface area contributed by atoms with Crippen LogP contribution in [0.4, 0.5) is 4.39 Å². The first-order valence-electron chi connectivity index (χ1n) is 9.21. The van der Waals surface area contributed by atoms with Crippen LogP contribution in [0.25, 0.3) is 0 Å². The number of carbonyl (C=O) groups is 1. The number of carboxylic acids is 1. The van der Waals surface area contributed by atoms with Crippen molar-refractivity contribution < 1.29 is 28.5 Å². The topological polar surface area (TPSA) is 68.2 Å². The van der Waals surface area contributed by atoms with Crippen LogP contribution < -0.4 is 14.2 Å². The summed E-state index contributed by atoms with van der Waals surface area (Å²) in [4.78, 5) is 13.1. The number of fused-ring (bicyclic) bond motifs is 1. The number of halogens is 1. The van der Waals surface area contributed by atoms with Crippen LogP contribution in [0.1, 0.15) is 11.1 Å². The van der Waals surface area contributed by atoms with E-state index in [1.165, 1.54) is 13.2 Å². The molecular formula is C21H22FNO5. The van der Waals surface area contributed by atoms with Crippen LogP contribution in [0.5, 0.6) is 17.2 Å². The molecule has 2 aromatic rings. The quantitative estimate of drug-likeness (QED) is 0.822. The highest BCUT2D eigenvalue weighted by atomic mass is 19.1. The molecule has 0 aliphatic carbocycles. The van der Waals surface area contributed by atoms with Crippen molar-refractivity contribution in [3.63, 3.8) is 0 Å². The predicted octanol–water partition coefficient (Wildman–Crippen LogP) is 2.73. The van der Waals surface area contributed by atoms with E-state index in [0.29, 0.717) is 31.0 Å². The van der Waals surface area contributed by atoms with Gasteiger partial charge in [0.1, 0.15) is 24.7 Å². The van der Waals surface area contributed by atoms with Gasteiger partial charge in [0.2, 0.25) is 0 Å². The fraction of sp³-hybridized carbons (Fsp3) is 0.381. The Balaban J connectivity index is 1.35. The number of methoxy groups -OCH3 is 1. The normalized spacial score (nSPS) is 19.3. The van der Waals surface area contributed by atoms with Crippen LogP contribution in [0.2, 0.25) is 0 Å². The van der Waals surface area contributed by atoms with Crippen LogP contribution in [0.3, 0.4) is 0 Å². The average Bonchev–Trinajstić information content (AvgIpc) is 2.65. The molecule has 148 valence electrons. The first-order valence-corrected chi connectivity index (χ1v) is 9.21. The molecular weight excluding hydrogens is 365 g/mol. The highest BCUT2D eigenvalue weighted by Crippen LogP contribution is 2.33. The Kier molecular flexibility index (Phi) is 5.09. The summed E-state index contributed by atoms with van der Waals surface area (Å²) in [6.45, 7) is 1.94. The van der Waals surface area contributed by atoms with Crippen molar-refractivity contribution in [2.75, 3.05) is 26.8 Å². The lowest BCUT2D eigenvalue weighted by atomic mass is 9.93. The van der Waals surface area contributed by atoms with E-state index >= 15 is 0 Å². The molecule has 0 radical (unpaired) electrons. The predicted molar refractivity (Wildman–Crippen MR) is 99.4 cm³/mol. The summed E-state index contributed by atoms with van der Waals surface area (Å²) < 4.78 is 30.3. The number of hydrogen-bond donors (Lipinski definition) is 1. The summed E-state index contributed by atoms with van der Waals surface area (Å²) in [5, 5.41) is 9.01. The number of hydrogen-bond acceptors (Lipinski definition) is 5. The van der Waals surface area contributed by atoms with Crippen LogP contribution in [-0.2, 0) is 17.8 Å². The SMILES string of the molecule is COc1ccc(COc2ccc3c(c2)OCC(N2CC(C(=O)O)C2)C3)cc1F. The molecule has 2 aromatic carbocycles. The van der Waals surface area contributed by atoms with E-state index < -0.39 is 11.8 Å². The lowest BCUT2D eigenvalue weighted by Gasteiger charge is -2.43. The minimum Gasteiger partial charge on any atom is -0.494 e. The number of nitrogens with zero attached hydrogens (tertiary/aromatic N) is 1. The highest BCUT2D eigenvalue weighted by molar-refractivity contribution is 5.71. The Labute approximate surface area is 162 Å². The van der Waals surface area contributed by atoms with Crippen LogP contribution in [0, 0.1) is 11.7 Å². The first kappa shape index (κ1) is 18.6. The zero-order valence-electron chi connectivity index (χ0n) is 15.6. The van der Waals surface area contributed by atoms with Gasteiger partial charge in [-0.3, -0.25) is 9.69 Å². The summed E-state index contributed by atoms with van der Waals surface area (Å²) >= 11 is 0. The summed E-state index contributed by atoms with van der Waals surface area (Å²) in [6, 6.07) is 10.6. The minimum atomic E-state index is -0.730. The van der Waals surface area contributed by atoms with Crippen LogP contribution >= 0.6 is 0 Å². The van der Waals surface area contributed by atoms with Gasteiger partial charge in [0.15, 0.2) is 11.6 Å². The molecule has 2 aliphatic rings. The summed E-state index contributed by atoms with van der Waals surface area (Å²) in [7, 11) is 1.43. The maximum atomic E-state index is 13.8. The molecule has 1 saturated heterocycles. The van der Waals surface area contributed by atoms with Crippen molar-refractivity contribution in [3.05, 3.63) is 53.3 Å². The number of benzene rings is 2. The van der Waals surface area contributed by atoms with Crippen molar-refractivity contribution in [2.45, 2.75) is 19.1 Å². The molecule has 2 aliphatic heterocycles. The molecule has 0 amide bonds. The molecule has 6 nitrogen and oxygen atoms in total. The van der Waals surface area contributed by atoms with Crippen LogP contribution in [0.15, 0.2) is 36.4 Å². The van der Waals surface area contributed by atoms with Gasteiger partial charge in [0, 0.05) is 25.2 Å². The van der Waals surface area contributed by atoms with Gasteiger partial charge in [-0.2, -0.15) is 0 Å². The Morgan fingerprint density at radius 3 is 2.82 bits per heavy atom. The van der Waals surface area contributed by atoms with Gasteiger partial charge < -0.3 is 19.3 Å². The second-order valence-corrected chi connectivity index (χ2v) is 7.19. The molecule has 1 unspecified atom stereocenters. The second kappa shape index (κ2) is 7.67. The molecule has 1 fully saturated rings. The Hall–Kier alpha value is -2.80. The smallest absolute Gasteiger partial charge is 0.309 e. The maximum absolute atomic E-state index is 13.8. The zero-order valence-corrected chi connectivity index (χ0v) is 15.6. The lowest BCUT2D eigenvalue weighted by molar-refractivity contribution is -0.149. The third kappa shape index (κ3) is 3.75. The molecule has 7 heteroatoms. The molecule has 28 heavy (non-hydrogen) atoms. The van der Waals surface area contributed by atoms with E-state index in [1.54, 1.807) is 12.1 Å². The van der Waals surface area contributed by atoms with Gasteiger partial charge in [-0.1, -0.05) is 12.1 Å². The summed E-state index contributed by atoms with van der Waals surface area (Å²) in [5.74, 6) is 0.233. The van der Waals surface area contributed by atoms with Crippen LogP contribution in [-0.4, -0.2) is 48.8 Å². The largest absolute Gasteiger partial charge is 0.494 e. The van der Waals surface area contributed by atoms with E-state index in [9.17, 15) is 9.18 Å². The Morgan fingerprint density at radius 1 is 1.29 bits per heavy atom. The van der Waals surface area contributed by atoms with Crippen molar-refractivity contribution in [2.24, 2.45) is 5.92 Å². The van der Waals surface area contributed by atoms with E-state index in [-0.39, 0.29) is 24.3 Å². The molecule has 0 bridgehead atoms. The average molecular weight is 387 g/mol.